The van der Waals surface area contributed by atoms with E-state index in [2.05, 4.69) is 30.2 Å². The van der Waals surface area contributed by atoms with Crippen LogP contribution in [0, 0.1) is 6.92 Å². The molecule has 0 unspecified atom stereocenters. The van der Waals surface area contributed by atoms with E-state index in [-0.39, 0.29) is 11.6 Å². The number of thiazole rings is 1. The van der Waals surface area contributed by atoms with E-state index in [9.17, 15) is 4.79 Å². The minimum Gasteiger partial charge on any atom is -0.378 e. The molecule has 0 radical (unpaired) electrons. The summed E-state index contributed by atoms with van der Waals surface area (Å²) in [6, 6.07) is 3.82. The van der Waals surface area contributed by atoms with Crippen molar-refractivity contribution < 1.29 is 9.53 Å². The van der Waals surface area contributed by atoms with E-state index in [1.54, 1.807) is 12.4 Å². The first-order valence-corrected chi connectivity index (χ1v) is 9.42. The van der Waals surface area contributed by atoms with Gasteiger partial charge < -0.3 is 9.64 Å². The summed E-state index contributed by atoms with van der Waals surface area (Å²) in [4.78, 5) is 31.8. The van der Waals surface area contributed by atoms with Gasteiger partial charge in [0.15, 0.2) is 5.13 Å². The third kappa shape index (κ3) is 3.93. The Bertz CT molecular complexity index is 937. The molecule has 0 bridgehead atoms. The maximum Gasteiger partial charge on any atom is 0.277 e. The number of morpholine rings is 1. The number of rotatable bonds is 4. The molecule has 1 fully saturated rings. The van der Waals surface area contributed by atoms with Crippen LogP contribution in [0.2, 0.25) is 0 Å². The lowest BCUT2D eigenvalue weighted by molar-refractivity contribution is 0.102. The molecule has 1 aliphatic heterocycles. The van der Waals surface area contributed by atoms with E-state index in [0.717, 1.165) is 35.9 Å². The third-order valence-electron chi connectivity index (χ3n) is 4.21. The molecule has 3 aromatic rings. The van der Waals surface area contributed by atoms with Crippen molar-refractivity contribution in [3.63, 3.8) is 0 Å². The summed E-state index contributed by atoms with van der Waals surface area (Å²) in [6.45, 7) is 4.82. The topological polar surface area (TPSA) is 93.1 Å². The molecule has 4 heterocycles. The van der Waals surface area contributed by atoms with Gasteiger partial charge in [-0.15, -0.1) is 11.3 Å². The Morgan fingerprint density at radius 1 is 1.22 bits per heavy atom. The molecule has 1 aliphatic rings. The van der Waals surface area contributed by atoms with Crippen LogP contribution in [0.4, 0.5) is 10.9 Å². The predicted octanol–water partition coefficient (Wildman–Crippen LogP) is 2.39. The Morgan fingerprint density at radius 2 is 2.07 bits per heavy atom. The predicted molar refractivity (Wildman–Crippen MR) is 103 cm³/mol. The van der Waals surface area contributed by atoms with Gasteiger partial charge in [0, 0.05) is 35.9 Å². The molecule has 4 rings (SSSR count). The van der Waals surface area contributed by atoms with Crippen molar-refractivity contribution in [2.45, 2.75) is 6.92 Å². The number of ether oxygens (including phenoxy) is 1. The van der Waals surface area contributed by atoms with Crippen LogP contribution >= 0.6 is 11.3 Å². The number of carbonyl (C=O) groups is 1. The minimum atomic E-state index is -0.333. The van der Waals surface area contributed by atoms with Crippen LogP contribution < -0.4 is 10.2 Å². The molecule has 0 spiro atoms. The number of nitrogens with zero attached hydrogens (tertiary/aromatic N) is 5. The smallest absolute Gasteiger partial charge is 0.277 e. The lowest BCUT2D eigenvalue weighted by Crippen LogP contribution is -2.36. The number of hydrogen-bond acceptors (Lipinski definition) is 8. The van der Waals surface area contributed by atoms with E-state index in [1.807, 2.05) is 24.4 Å². The van der Waals surface area contributed by atoms with E-state index in [0.29, 0.717) is 18.3 Å². The fourth-order valence-corrected chi connectivity index (χ4v) is 3.47. The molecule has 0 aromatic carbocycles. The zero-order chi connectivity index (χ0) is 18.6. The van der Waals surface area contributed by atoms with E-state index in [1.165, 1.54) is 17.5 Å². The summed E-state index contributed by atoms with van der Waals surface area (Å²) in [5.74, 6) is 0.415. The van der Waals surface area contributed by atoms with Crippen molar-refractivity contribution in [2.75, 3.05) is 36.5 Å². The van der Waals surface area contributed by atoms with Gasteiger partial charge >= 0.3 is 0 Å². The van der Waals surface area contributed by atoms with E-state index >= 15 is 0 Å². The quantitative estimate of drug-likeness (QED) is 0.740. The van der Waals surface area contributed by atoms with Crippen LogP contribution in [0.1, 0.15) is 16.2 Å². The molecule has 0 aliphatic carbocycles. The standard InChI is InChI=1S/C18H18N6O2S/c1-12-13(3-2-4-19-12)15-11-27-18(22-15)23-17(25)14-9-21-16(10-20-14)24-5-7-26-8-6-24/h2-4,9-11H,5-8H2,1H3,(H,22,23,25). The number of aryl methyl sites for hydroxylation is 1. The maximum absolute atomic E-state index is 12.4. The molecule has 3 aromatic heterocycles. The van der Waals surface area contributed by atoms with E-state index in [4.69, 9.17) is 4.74 Å². The van der Waals surface area contributed by atoms with Crippen LogP contribution in [-0.2, 0) is 4.74 Å². The molecule has 27 heavy (non-hydrogen) atoms. The number of carbonyl (C=O) groups excluding carboxylic acids is 1. The fraction of sp³-hybridized carbons (Fsp3) is 0.278. The second kappa shape index (κ2) is 7.77. The first-order chi connectivity index (χ1) is 13.2. The van der Waals surface area contributed by atoms with Gasteiger partial charge in [0.05, 0.1) is 31.3 Å². The Labute approximate surface area is 160 Å². The summed E-state index contributed by atoms with van der Waals surface area (Å²) in [5.41, 5.74) is 2.88. The highest BCUT2D eigenvalue weighted by Gasteiger charge is 2.16. The Kier molecular flexibility index (Phi) is 5.03. The second-order valence-electron chi connectivity index (χ2n) is 5.99. The number of pyridine rings is 1. The second-order valence-corrected chi connectivity index (χ2v) is 6.85. The molecule has 138 valence electrons. The van der Waals surface area contributed by atoms with Crippen LogP contribution in [0.15, 0.2) is 36.1 Å². The fourth-order valence-electron chi connectivity index (χ4n) is 2.77. The average Bonchev–Trinajstić information content (AvgIpc) is 3.17. The molecule has 9 heteroatoms. The van der Waals surface area contributed by atoms with Crippen LogP contribution in [-0.4, -0.2) is 52.1 Å². The Balaban J connectivity index is 1.44. The first kappa shape index (κ1) is 17.5. The highest BCUT2D eigenvalue weighted by Crippen LogP contribution is 2.26. The van der Waals surface area contributed by atoms with Gasteiger partial charge in [0.1, 0.15) is 11.5 Å². The van der Waals surface area contributed by atoms with Gasteiger partial charge in [-0.25, -0.2) is 15.0 Å². The summed E-state index contributed by atoms with van der Waals surface area (Å²) in [6.07, 6.45) is 4.85. The number of amides is 1. The van der Waals surface area contributed by atoms with Crippen LogP contribution in [0.5, 0.6) is 0 Å². The van der Waals surface area contributed by atoms with Crippen molar-refractivity contribution in [3.05, 3.63) is 47.5 Å². The monoisotopic (exact) mass is 382 g/mol. The summed E-state index contributed by atoms with van der Waals surface area (Å²) < 4.78 is 5.33. The van der Waals surface area contributed by atoms with Crippen molar-refractivity contribution in [2.24, 2.45) is 0 Å². The molecular weight excluding hydrogens is 364 g/mol. The zero-order valence-corrected chi connectivity index (χ0v) is 15.6. The van der Waals surface area contributed by atoms with Crippen LogP contribution in [0.3, 0.4) is 0 Å². The molecular formula is C18H18N6O2S. The molecule has 1 amide bonds. The third-order valence-corrected chi connectivity index (χ3v) is 4.97. The highest BCUT2D eigenvalue weighted by atomic mass is 32.1. The van der Waals surface area contributed by atoms with Gasteiger partial charge in [0.2, 0.25) is 0 Å². The maximum atomic E-state index is 12.4. The average molecular weight is 382 g/mol. The first-order valence-electron chi connectivity index (χ1n) is 8.54. The molecule has 1 saturated heterocycles. The lowest BCUT2D eigenvalue weighted by Gasteiger charge is -2.27. The number of hydrogen-bond donors (Lipinski definition) is 1. The minimum absolute atomic E-state index is 0.251. The van der Waals surface area contributed by atoms with Crippen molar-refractivity contribution in [1.82, 2.24) is 19.9 Å². The largest absolute Gasteiger partial charge is 0.378 e. The molecule has 1 N–H and O–H groups in total. The van der Waals surface area contributed by atoms with Crippen LogP contribution in [0.25, 0.3) is 11.3 Å². The zero-order valence-electron chi connectivity index (χ0n) is 14.8. The van der Waals surface area contributed by atoms with Gasteiger partial charge in [-0.05, 0) is 19.1 Å². The number of nitrogens with one attached hydrogen (secondary N) is 1. The molecule has 0 saturated carbocycles. The normalized spacial score (nSPS) is 14.2. The molecule has 8 nitrogen and oxygen atoms in total. The van der Waals surface area contributed by atoms with Gasteiger partial charge in [-0.3, -0.25) is 15.1 Å². The highest BCUT2D eigenvalue weighted by molar-refractivity contribution is 7.14. The van der Waals surface area contributed by atoms with Crippen molar-refractivity contribution in [3.8, 4) is 11.3 Å². The summed E-state index contributed by atoms with van der Waals surface area (Å²) in [7, 11) is 0. The van der Waals surface area contributed by atoms with Crippen molar-refractivity contribution in [1.29, 1.82) is 0 Å². The van der Waals surface area contributed by atoms with Gasteiger partial charge in [-0.1, -0.05) is 0 Å². The Morgan fingerprint density at radius 3 is 2.81 bits per heavy atom. The summed E-state index contributed by atoms with van der Waals surface area (Å²) in [5, 5.41) is 5.19. The van der Waals surface area contributed by atoms with Gasteiger partial charge in [-0.2, -0.15) is 0 Å². The van der Waals surface area contributed by atoms with E-state index < -0.39 is 0 Å². The SMILES string of the molecule is Cc1ncccc1-c1csc(NC(=O)c2cnc(N3CCOCC3)cn2)n1. The number of anilines is 2. The lowest BCUT2D eigenvalue weighted by atomic mass is 10.1. The Hall–Kier alpha value is -2.91. The number of aromatic nitrogens is 4. The summed E-state index contributed by atoms with van der Waals surface area (Å²) >= 11 is 1.36. The molecule has 0 atom stereocenters. The van der Waals surface area contributed by atoms with Crippen molar-refractivity contribution >= 4 is 28.2 Å². The van der Waals surface area contributed by atoms with Gasteiger partial charge in [0.25, 0.3) is 5.91 Å².